The van der Waals surface area contributed by atoms with Crippen LogP contribution in [0.2, 0.25) is 0 Å². The van der Waals surface area contributed by atoms with Crippen LogP contribution in [0.25, 0.3) is 0 Å². The molecule has 0 aliphatic carbocycles. The number of benzene rings is 4. The van der Waals surface area contributed by atoms with Crippen LogP contribution in [0.1, 0.15) is 23.6 Å². The molecule has 0 bridgehead atoms. The van der Waals surface area contributed by atoms with E-state index in [1.165, 1.54) is 6.07 Å². The van der Waals surface area contributed by atoms with Gasteiger partial charge in [-0.15, -0.1) is 0 Å². The first-order valence-electron chi connectivity index (χ1n) is 15.6. The molecular weight excluding hydrogens is 840 g/mol. The van der Waals surface area contributed by atoms with E-state index < -0.39 is 7.15 Å². The molecule has 1 N–H and O–H groups in total. The van der Waals surface area contributed by atoms with Gasteiger partial charge in [-0.3, -0.25) is 4.39 Å². The Morgan fingerprint density at radius 2 is 1.12 bits per heavy atom. The Balaban J connectivity index is -0.000000378. The van der Waals surface area contributed by atoms with E-state index in [4.69, 9.17) is 50.9 Å². The van der Waals surface area contributed by atoms with Gasteiger partial charge in [0.1, 0.15) is 41.6 Å². The zero-order valence-electron chi connectivity index (χ0n) is 32.4. The number of phenolic OH excluding ortho intramolecular Hbond substituents is 1. The molecule has 0 aliphatic heterocycles. The molecule has 0 fully saturated rings. The maximum atomic E-state index is 9.96. The number of halogens is 4. The van der Waals surface area contributed by atoms with E-state index in [1.54, 1.807) is 70.9 Å². The van der Waals surface area contributed by atoms with Gasteiger partial charge in [0.05, 0.1) is 48.0 Å². The summed E-state index contributed by atoms with van der Waals surface area (Å²) < 4.78 is 64.7. The normalized spacial score (nSPS) is 9.69. The predicted octanol–water partition coefficient (Wildman–Crippen LogP) is 7.52. The third-order valence-corrected chi connectivity index (χ3v) is 7.62. The Morgan fingerprint density at radius 3 is 1.52 bits per heavy atom. The molecular formula is C36H47BBr2ClFNaO10. The van der Waals surface area contributed by atoms with Gasteiger partial charge in [0.2, 0.25) is 0 Å². The van der Waals surface area contributed by atoms with E-state index in [0.29, 0.717) is 76.4 Å². The minimum Gasteiger partial charge on any atom is -1.00 e. The van der Waals surface area contributed by atoms with Crippen LogP contribution in [0.15, 0.2) is 81.7 Å². The molecule has 52 heavy (non-hydrogen) atoms. The number of aromatic hydroxyl groups is 1. The minimum atomic E-state index is -1.00. The number of hydrogen-bond donors (Lipinski definition) is 1. The van der Waals surface area contributed by atoms with Crippen molar-refractivity contribution in [1.82, 2.24) is 0 Å². The maximum Gasteiger partial charge on any atom is 1.00 e. The Labute approximate surface area is 356 Å². The van der Waals surface area contributed by atoms with E-state index in [0.717, 1.165) is 10.0 Å². The molecule has 0 aliphatic rings. The molecule has 0 amide bonds. The van der Waals surface area contributed by atoms with Gasteiger partial charge in [0.25, 0.3) is 0 Å². The summed E-state index contributed by atoms with van der Waals surface area (Å²) in [6.07, 6.45) is 0. The summed E-state index contributed by atoms with van der Waals surface area (Å²) in [5.74, 6) is 5.12. The standard InChI is InChI=1S/C18H21BrO5.C14H13BrO4.C3H7ClO.CH3F.B.Na.H2.H/c1-4-22-12-23-11-13-9-14(5-7-16(13)19)24-15-6-8-17(20-2)18(10-15)21-3;1-17-13-6-4-10(8-14(13)18-2)19-9-3-5-11(15)12(16)7-9;1-2-5-3-4;1-2;;;;/h5-10H,4,11-12H2,1-3H3;3-8,16H,1-2H3;2-3H2,1H3;1H3;;;1H;/q;;;;;+1;;-1/i;;;1D;;;1+1;. The third kappa shape index (κ3) is 19.1. The van der Waals surface area contributed by atoms with E-state index >= 15 is 0 Å². The van der Waals surface area contributed by atoms with Crippen LogP contribution in [-0.4, -0.2) is 75.2 Å². The van der Waals surface area contributed by atoms with Crippen LogP contribution in [0.5, 0.6) is 51.7 Å². The van der Waals surface area contributed by atoms with Gasteiger partial charge in [-0.05, 0) is 89.9 Å². The molecule has 0 heterocycles. The quantitative estimate of drug-likeness (QED) is 0.0559. The molecule has 0 aromatic heterocycles. The van der Waals surface area contributed by atoms with Crippen molar-refractivity contribution in [2.24, 2.45) is 0 Å². The SMILES string of the molecule is CCOCCl.CCOCOCc1cc(Oc2ccc(OC)c(OC)c2)ccc1Br.COc1ccc(Oc2ccc(Br)c(O)c2)cc1OC.[2HH].[2H]CF.[B].[H-].[Na+]. The second-order valence-electron chi connectivity index (χ2n) is 9.17. The number of alkyl halides is 2. The van der Waals surface area contributed by atoms with Crippen LogP contribution in [0.3, 0.4) is 0 Å². The smallest absolute Gasteiger partial charge is 1.00 e. The van der Waals surface area contributed by atoms with Gasteiger partial charge in [-0.1, -0.05) is 27.5 Å². The van der Waals surface area contributed by atoms with Crippen molar-refractivity contribution in [3.05, 3.63) is 87.3 Å². The largest absolute Gasteiger partial charge is 1.00 e. The van der Waals surface area contributed by atoms with Gasteiger partial charge >= 0.3 is 29.6 Å². The van der Waals surface area contributed by atoms with E-state index in [-0.39, 0.29) is 53.4 Å². The summed E-state index contributed by atoms with van der Waals surface area (Å²) in [5, 5.41) is 9.59. The second kappa shape index (κ2) is 31.0. The Kier molecular flexibility index (Phi) is 29.6. The summed E-state index contributed by atoms with van der Waals surface area (Å²) in [5.41, 5.74) is 0.979. The summed E-state index contributed by atoms with van der Waals surface area (Å²) in [6.45, 7) is 5.87. The second-order valence-corrected chi connectivity index (χ2v) is 11.1. The van der Waals surface area contributed by atoms with Crippen LogP contribution in [0, 0.1) is 0 Å². The molecule has 3 radical (unpaired) electrons. The molecule has 16 heteroatoms. The van der Waals surface area contributed by atoms with Gasteiger partial charge in [0.15, 0.2) is 23.0 Å². The van der Waals surface area contributed by atoms with Crippen LogP contribution >= 0.6 is 43.5 Å². The zero-order valence-corrected chi connectivity index (χ0v) is 36.3. The molecule has 4 aromatic rings. The van der Waals surface area contributed by atoms with Gasteiger partial charge in [-0.2, -0.15) is 0 Å². The molecule has 10 nitrogen and oxygen atoms in total. The van der Waals surface area contributed by atoms with Crippen molar-refractivity contribution in [3.63, 3.8) is 0 Å². The molecule has 4 rings (SSSR count). The van der Waals surface area contributed by atoms with Gasteiger partial charge in [-0.25, -0.2) is 0 Å². The maximum absolute atomic E-state index is 9.96. The molecule has 0 spiro atoms. The van der Waals surface area contributed by atoms with Crippen molar-refractivity contribution in [2.45, 2.75) is 20.5 Å². The zero-order chi connectivity index (χ0) is 38.0. The molecule has 0 unspecified atom stereocenters. The van der Waals surface area contributed by atoms with E-state index in [2.05, 4.69) is 36.6 Å². The molecule has 4 aromatic carbocycles. The first kappa shape index (κ1) is 49.6. The summed E-state index contributed by atoms with van der Waals surface area (Å²) in [4.78, 5) is 0. The summed E-state index contributed by atoms with van der Waals surface area (Å²) in [6, 6.07) is 21.7. The van der Waals surface area contributed by atoms with Gasteiger partial charge in [0, 0.05) is 45.7 Å². The fourth-order valence-corrected chi connectivity index (χ4v) is 4.45. The van der Waals surface area contributed by atoms with Crippen molar-refractivity contribution in [1.29, 1.82) is 0 Å². The summed E-state index contributed by atoms with van der Waals surface area (Å²) in [7, 11) is 5.33. The van der Waals surface area contributed by atoms with Crippen molar-refractivity contribution >= 4 is 51.9 Å². The van der Waals surface area contributed by atoms with Crippen molar-refractivity contribution < 1.29 is 85.9 Å². The van der Waals surface area contributed by atoms with Gasteiger partial charge < -0.3 is 49.2 Å². The average molecular weight is 890 g/mol. The molecule has 0 saturated heterocycles. The fraction of sp³-hybridized carbons (Fsp3) is 0.333. The number of methoxy groups -OCH3 is 4. The topological polar surface area (TPSA) is 103 Å². The Hall–Kier alpha value is -2.40. The Morgan fingerprint density at radius 1 is 0.692 bits per heavy atom. The van der Waals surface area contributed by atoms with E-state index in [9.17, 15) is 9.50 Å². The van der Waals surface area contributed by atoms with Crippen LogP contribution in [-0.2, 0) is 20.8 Å². The number of hydrogen-bond acceptors (Lipinski definition) is 10. The van der Waals surface area contributed by atoms with Crippen molar-refractivity contribution in [3.8, 4) is 51.7 Å². The fourth-order valence-electron chi connectivity index (χ4n) is 3.68. The van der Waals surface area contributed by atoms with E-state index in [1.807, 2.05) is 38.1 Å². The van der Waals surface area contributed by atoms with Crippen LogP contribution < -0.4 is 58.0 Å². The monoisotopic (exact) mass is 887 g/mol. The van der Waals surface area contributed by atoms with Crippen molar-refractivity contribution in [2.75, 3.05) is 61.7 Å². The number of ether oxygens (including phenoxy) is 9. The summed E-state index contributed by atoms with van der Waals surface area (Å²) >= 11 is 11.8. The predicted molar refractivity (Wildman–Crippen MR) is 209 cm³/mol. The van der Waals surface area contributed by atoms with Crippen LogP contribution in [0.4, 0.5) is 4.39 Å². The number of phenols is 1. The average Bonchev–Trinajstić information content (AvgIpc) is 3.14. The first-order valence-corrected chi connectivity index (χ1v) is 17.0. The minimum absolute atomic E-state index is 0. The third-order valence-electron chi connectivity index (χ3n) is 6.03. The molecule has 0 atom stereocenters. The Bertz CT molecular complexity index is 1580. The first-order chi connectivity index (χ1) is 24.6. The molecule has 0 saturated carbocycles. The number of rotatable bonds is 15. The molecule has 283 valence electrons.